The van der Waals surface area contributed by atoms with Gasteiger partial charge in [-0.05, 0) is 37.1 Å². The molecule has 2 aliphatic rings. The molecule has 8 nitrogen and oxygen atoms in total. The molecule has 0 spiro atoms. The summed E-state index contributed by atoms with van der Waals surface area (Å²) in [5.74, 6) is -1.90. The van der Waals surface area contributed by atoms with Crippen LogP contribution in [0.4, 0.5) is 20.6 Å². The van der Waals surface area contributed by atoms with Crippen LogP contribution in [-0.2, 0) is 14.3 Å². The van der Waals surface area contributed by atoms with E-state index in [2.05, 4.69) is 5.32 Å². The summed E-state index contributed by atoms with van der Waals surface area (Å²) in [5, 5.41) is 13.2. The summed E-state index contributed by atoms with van der Waals surface area (Å²) in [7, 11) is 0. The number of carbonyl (C=O) groups is 3. The monoisotopic (exact) mass is 413 g/mol. The quantitative estimate of drug-likeness (QED) is 0.426. The Kier molecular flexibility index (Phi) is 8.06. The Morgan fingerprint density at radius 2 is 2.03 bits per heavy atom. The van der Waals surface area contributed by atoms with Crippen molar-refractivity contribution in [2.45, 2.75) is 25.9 Å². The molecule has 2 fully saturated rings. The molecule has 2 heterocycles. The number of cyclic esters (lactones) is 1. The fourth-order valence-electron chi connectivity index (χ4n) is 3.36. The summed E-state index contributed by atoms with van der Waals surface area (Å²) in [4.78, 5) is 36.8. The Morgan fingerprint density at radius 3 is 2.62 bits per heavy atom. The van der Waals surface area contributed by atoms with Gasteiger partial charge in [-0.25, -0.2) is 9.18 Å². The summed E-state index contributed by atoms with van der Waals surface area (Å²) in [6.45, 7) is 2.80. The molecule has 150 valence electrons. The Bertz CT molecular complexity index is 822. The van der Waals surface area contributed by atoms with Crippen molar-refractivity contribution in [3.05, 3.63) is 35.7 Å². The number of aliphatic carboxylic acids is 1. The molecule has 0 aromatic heterocycles. The first-order chi connectivity index (χ1) is 13.3. The Morgan fingerprint density at radius 1 is 1.34 bits per heavy atom. The average molecular weight is 413 g/mol. The number of halogens is 1. The Balaban J connectivity index is 0.00000300. The van der Waals surface area contributed by atoms with Crippen molar-refractivity contribution in [2.24, 2.45) is 0 Å². The molecular weight excluding hydrogens is 392 g/mol. The van der Waals surface area contributed by atoms with E-state index in [9.17, 15) is 23.9 Å². The predicted octanol–water partition coefficient (Wildman–Crippen LogP) is -2.43. The number of carboxylic acid groups (broad SMARTS) is 1. The fraction of sp³-hybridized carbons (Fsp3) is 0.421. The van der Waals surface area contributed by atoms with Crippen LogP contribution < -0.4 is 49.8 Å². The van der Waals surface area contributed by atoms with Crippen molar-refractivity contribution < 1.29 is 58.2 Å². The topological polar surface area (TPSA) is 102 Å². The molecule has 0 bridgehead atoms. The number of carbonyl (C=O) groups excluding carboxylic acids is 3. The number of hydrogen-bond acceptors (Lipinski definition) is 6. The third-order valence-electron chi connectivity index (χ3n) is 4.76. The number of ether oxygens (including phenoxy) is 1. The summed E-state index contributed by atoms with van der Waals surface area (Å²) in [5.41, 5.74) is 1.56. The predicted molar refractivity (Wildman–Crippen MR) is 97.2 cm³/mol. The van der Waals surface area contributed by atoms with Crippen LogP contribution in [0.1, 0.15) is 19.8 Å². The van der Waals surface area contributed by atoms with Crippen molar-refractivity contribution in [1.29, 1.82) is 0 Å². The molecule has 1 aromatic rings. The smallest absolute Gasteiger partial charge is 0.545 e. The minimum absolute atomic E-state index is 0. The molecule has 1 atom stereocenters. The van der Waals surface area contributed by atoms with Crippen molar-refractivity contribution >= 4 is 29.3 Å². The van der Waals surface area contributed by atoms with Gasteiger partial charge < -0.3 is 24.9 Å². The standard InChI is InChI=1S/C19H22FN3O5.Na/c1-12(24)21-10-15-11-23(19(27)28-15)14-2-3-17(16(20)9-14)22-6-4-13(5-7-22)8-18(25)26;/h2-3,8-9,15H,4-7,10-11H2,1H3,(H,21,24)(H,25,26);/q;+1/p-1/t15-;/m0./s1. The summed E-state index contributed by atoms with van der Waals surface area (Å²) in [6.07, 6.45) is 1.08. The molecule has 0 unspecified atom stereocenters. The first-order valence-electron chi connectivity index (χ1n) is 9.01. The molecule has 0 saturated carbocycles. The number of nitrogens with zero attached hydrogens (tertiary/aromatic N) is 2. The Hall–Kier alpha value is -2.10. The van der Waals surface area contributed by atoms with Gasteiger partial charge in [-0.3, -0.25) is 9.69 Å². The molecule has 1 aromatic carbocycles. The van der Waals surface area contributed by atoms with Crippen molar-refractivity contribution in [3.63, 3.8) is 0 Å². The maximum atomic E-state index is 14.7. The SMILES string of the molecule is CC(=O)NC[C@H]1CN(c2ccc(N3CCC(=CC(=O)[O-])CC3)c(F)c2)C(=O)O1.[Na+]. The van der Waals surface area contributed by atoms with E-state index in [1.165, 1.54) is 17.9 Å². The second kappa shape index (κ2) is 10.1. The van der Waals surface area contributed by atoms with Gasteiger partial charge in [-0.15, -0.1) is 0 Å². The zero-order chi connectivity index (χ0) is 20.3. The van der Waals surface area contributed by atoms with E-state index in [0.29, 0.717) is 37.3 Å². The van der Waals surface area contributed by atoms with E-state index in [1.54, 1.807) is 12.1 Å². The first-order valence-corrected chi connectivity index (χ1v) is 9.01. The molecule has 1 N–H and O–H groups in total. The van der Waals surface area contributed by atoms with Gasteiger partial charge in [0.25, 0.3) is 0 Å². The van der Waals surface area contributed by atoms with Crippen LogP contribution in [0.5, 0.6) is 0 Å². The first kappa shape index (κ1) is 23.2. The van der Waals surface area contributed by atoms with Crippen LogP contribution >= 0.6 is 0 Å². The normalized spacial score (nSPS) is 18.8. The number of hydrogen-bond donors (Lipinski definition) is 1. The number of piperidine rings is 1. The van der Waals surface area contributed by atoms with E-state index in [-0.39, 0.29) is 48.6 Å². The third kappa shape index (κ3) is 5.94. The molecule has 3 rings (SSSR count). The number of rotatable bonds is 5. The maximum absolute atomic E-state index is 14.7. The van der Waals surface area contributed by atoms with E-state index >= 15 is 0 Å². The van der Waals surface area contributed by atoms with Crippen LogP contribution in [0.3, 0.4) is 0 Å². The summed E-state index contributed by atoms with van der Waals surface area (Å²) in [6, 6.07) is 4.53. The Labute approximate surface area is 190 Å². The number of anilines is 2. The van der Waals surface area contributed by atoms with Gasteiger partial charge in [0.15, 0.2) is 0 Å². The maximum Gasteiger partial charge on any atom is 1.00 e. The molecule has 0 radical (unpaired) electrons. The van der Waals surface area contributed by atoms with Crippen LogP contribution in [-0.4, -0.2) is 50.3 Å². The van der Waals surface area contributed by atoms with E-state index in [1.807, 2.05) is 4.90 Å². The molecule has 2 aliphatic heterocycles. The van der Waals surface area contributed by atoms with Gasteiger partial charge in [0.05, 0.1) is 30.4 Å². The number of amides is 2. The van der Waals surface area contributed by atoms with E-state index in [4.69, 9.17) is 4.74 Å². The molecule has 10 heteroatoms. The summed E-state index contributed by atoms with van der Waals surface area (Å²) >= 11 is 0. The van der Waals surface area contributed by atoms with Gasteiger partial charge in [0.2, 0.25) is 5.91 Å². The zero-order valence-electron chi connectivity index (χ0n) is 16.4. The number of nitrogens with one attached hydrogen (secondary N) is 1. The minimum atomic E-state index is -1.21. The van der Waals surface area contributed by atoms with Gasteiger partial charge in [-0.1, -0.05) is 5.57 Å². The minimum Gasteiger partial charge on any atom is -0.545 e. The zero-order valence-corrected chi connectivity index (χ0v) is 18.4. The van der Waals surface area contributed by atoms with E-state index < -0.39 is 24.0 Å². The molecule has 2 amide bonds. The molecule has 2 saturated heterocycles. The molecular formula is C19H21FN3NaO5. The number of benzene rings is 1. The number of carboxylic acids is 1. The van der Waals surface area contributed by atoms with Crippen LogP contribution in [0.15, 0.2) is 29.8 Å². The van der Waals surface area contributed by atoms with Crippen molar-refractivity contribution in [1.82, 2.24) is 5.32 Å². The van der Waals surface area contributed by atoms with Crippen LogP contribution in [0, 0.1) is 5.82 Å². The molecule has 29 heavy (non-hydrogen) atoms. The largest absolute Gasteiger partial charge is 1.00 e. The molecule has 0 aliphatic carbocycles. The second-order valence-corrected chi connectivity index (χ2v) is 6.80. The van der Waals surface area contributed by atoms with Gasteiger partial charge in [-0.2, -0.15) is 0 Å². The fourth-order valence-corrected chi connectivity index (χ4v) is 3.36. The summed E-state index contributed by atoms with van der Waals surface area (Å²) < 4.78 is 19.9. The van der Waals surface area contributed by atoms with Crippen LogP contribution in [0.25, 0.3) is 0 Å². The third-order valence-corrected chi connectivity index (χ3v) is 4.76. The van der Waals surface area contributed by atoms with Gasteiger partial charge in [0, 0.05) is 20.0 Å². The van der Waals surface area contributed by atoms with Crippen molar-refractivity contribution in [2.75, 3.05) is 36.0 Å². The van der Waals surface area contributed by atoms with Crippen LogP contribution in [0.2, 0.25) is 0 Å². The van der Waals surface area contributed by atoms with Gasteiger partial charge >= 0.3 is 35.7 Å². The second-order valence-electron chi connectivity index (χ2n) is 6.80. The van der Waals surface area contributed by atoms with Gasteiger partial charge in [0.1, 0.15) is 11.9 Å². The average Bonchev–Trinajstić information content (AvgIpc) is 3.01. The van der Waals surface area contributed by atoms with E-state index in [0.717, 1.165) is 11.6 Å². The van der Waals surface area contributed by atoms with Crippen molar-refractivity contribution in [3.8, 4) is 0 Å².